The van der Waals surface area contributed by atoms with Crippen molar-refractivity contribution in [3.63, 3.8) is 0 Å². The Morgan fingerprint density at radius 1 is 1.28 bits per heavy atom. The predicted molar refractivity (Wildman–Crippen MR) is 61.0 cm³/mol. The van der Waals surface area contributed by atoms with Crippen LogP contribution in [0.4, 0.5) is 0 Å². The van der Waals surface area contributed by atoms with Crippen molar-refractivity contribution in [2.24, 2.45) is 5.73 Å². The number of nitrogens with two attached hydrogens (primary N) is 1. The zero-order chi connectivity index (χ0) is 14.3. The van der Waals surface area contributed by atoms with Gasteiger partial charge in [0.15, 0.2) is 0 Å². The molecule has 0 heterocycles. The summed E-state index contributed by atoms with van der Waals surface area (Å²) in [7, 11) is -1.56. The van der Waals surface area contributed by atoms with E-state index in [0.29, 0.717) is 0 Å². The molecule has 0 saturated carbocycles. The molecular formula is C9H17NO7S. The van der Waals surface area contributed by atoms with E-state index in [9.17, 15) is 18.0 Å². The van der Waals surface area contributed by atoms with Gasteiger partial charge in [0.25, 0.3) is 10.1 Å². The second-order valence-corrected chi connectivity index (χ2v) is 5.28. The molecule has 8 nitrogen and oxygen atoms in total. The van der Waals surface area contributed by atoms with E-state index in [1.54, 1.807) is 0 Å². The monoisotopic (exact) mass is 283 g/mol. The van der Waals surface area contributed by atoms with Gasteiger partial charge in [-0.15, -0.1) is 0 Å². The minimum absolute atomic E-state index is 0.381. The lowest BCUT2D eigenvalue weighted by Gasteiger charge is -2.18. The molecule has 0 rings (SSSR count). The van der Waals surface area contributed by atoms with Crippen LogP contribution in [0.25, 0.3) is 0 Å². The smallest absolute Gasteiger partial charge is 0.326 e. The number of hydrogen-bond acceptors (Lipinski definition) is 8. The number of hydrogen-bond donors (Lipinski definition) is 1. The maximum absolute atomic E-state index is 11.3. The van der Waals surface area contributed by atoms with Crippen LogP contribution in [-0.2, 0) is 33.4 Å². The first-order valence-corrected chi connectivity index (χ1v) is 6.62. The average Bonchev–Trinajstić information content (AvgIpc) is 2.34. The van der Waals surface area contributed by atoms with E-state index in [4.69, 9.17) is 10.5 Å². The summed E-state index contributed by atoms with van der Waals surface area (Å²) in [6, 6.07) is -1.11. The number of carbonyl (C=O) groups excluding carboxylic acids is 2. The molecule has 0 amide bonds. The third kappa shape index (κ3) is 5.94. The zero-order valence-corrected chi connectivity index (χ0v) is 11.2. The first-order chi connectivity index (χ1) is 8.23. The van der Waals surface area contributed by atoms with Crippen LogP contribution in [0.2, 0.25) is 0 Å². The van der Waals surface area contributed by atoms with Gasteiger partial charge in [0.1, 0.15) is 12.1 Å². The third-order valence-electron chi connectivity index (χ3n) is 2.11. The molecule has 0 fully saturated rings. The standard InChI is InChI=1S/C9H17NO7S/c1-6(8(10)9(12)15-2)17-7(11)4-5-18(13,14)16-3/h6,8H,4-5,10H2,1-3H3. The number of ether oxygens (including phenoxy) is 2. The Morgan fingerprint density at radius 2 is 1.83 bits per heavy atom. The first-order valence-electron chi connectivity index (χ1n) is 5.04. The van der Waals surface area contributed by atoms with E-state index in [-0.39, 0.29) is 6.42 Å². The van der Waals surface area contributed by atoms with Crippen molar-refractivity contribution in [1.29, 1.82) is 0 Å². The second-order valence-electron chi connectivity index (χ2n) is 3.42. The van der Waals surface area contributed by atoms with Gasteiger partial charge in [-0.05, 0) is 6.92 Å². The Bertz CT molecular complexity index is 392. The fraction of sp³-hybridized carbons (Fsp3) is 0.778. The number of methoxy groups -OCH3 is 1. The molecule has 106 valence electrons. The summed E-state index contributed by atoms with van der Waals surface area (Å²) in [5.74, 6) is -2.01. The predicted octanol–water partition coefficient (Wildman–Crippen LogP) is -1.22. The summed E-state index contributed by atoms with van der Waals surface area (Å²) in [4.78, 5) is 22.3. The van der Waals surface area contributed by atoms with E-state index in [1.807, 2.05) is 0 Å². The highest BCUT2D eigenvalue weighted by Crippen LogP contribution is 2.03. The molecule has 0 saturated heterocycles. The SMILES string of the molecule is COC(=O)C(N)C(C)OC(=O)CCS(=O)(=O)OC. The molecule has 0 aliphatic carbocycles. The number of rotatable bonds is 7. The van der Waals surface area contributed by atoms with E-state index < -0.39 is 40.0 Å². The molecule has 2 atom stereocenters. The Kier molecular flexibility index (Phi) is 6.81. The molecule has 2 unspecified atom stereocenters. The minimum Gasteiger partial charge on any atom is -0.468 e. The molecule has 0 bridgehead atoms. The van der Waals surface area contributed by atoms with E-state index in [0.717, 1.165) is 14.2 Å². The van der Waals surface area contributed by atoms with Crippen molar-refractivity contribution in [3.05, 3.63) is 0 Å². The zero-order valence-electron chi connectivity index (χ0n) is 10.4. The maximum atomic E-state index is 11.3. The Morgan fingerprint density at radius 3 is 2.28 bits per heavy atom. The lowest BCUT2D eigenvalue weighted by Crippen LogP contribution is -2.43. The highest BCUT2D eigenvalue weighted by Gasteiger charge is 2.25. The summed E-state index contributed by atoms with van der Waals surface area (Å²) < 4.78 is 35.2. The van der Waals surface area contributed by atoms with Crippen molar-refractivity contribution in [2.45, 2.75) is 25.5 Å². The van der Waals surface area contributed by atoms with Crippen LogP contribution in [0.15, 0.2) is 0 Å². The molecule has 0 aromatic carbocycles. The molecule has 2 N–H and O–H groups in total. The van der Waals surface area contributed by atoms with Crippen LogP contribution in [0.5, 0.6) is 0 Å². The van der Waals surface area contributed by atoms with Gasteiger partial charge >= 0.3 is 11.9 Å². The summed E-state index contributed by atoms with van der Waals surface area (Å²) in [5.41, 5.74) is 5.43. The summed E-state index contributed by atoms with van der Waals surface area (Å²) in [5, 5.41) is 0. The highest BCUT2D eigenvalue weighted by atomic mass is 32.2. The number of carbonyl (C=O) groups is 2. The van der Waals surface area contributed by atoms with Crippen LogP contribution in [-0.4, -0.2) is 52.5 Å². The number of esters is 2. The lowest BCUT2D eigenvalue weighted by molar-refractivity contribution is -0.154. The van der Waals surface area contributed by atoms with Gasteiger partial charge in [-0.1, -0.05) is 0 Å². The first kappa shape index (κ1) is 16.8. The van der Waals surface area contributed by atoms with Crippen LogP contribution in [0, 0.1) is 0 Å². The molecule has 0 radical (unpaired) electrons. The molecule has 9 heteroatoms. The van der Waals surface area contributed by atoms with Gasteiger partial charge in [0, 0.05) is 0 Å². The van der Waals surface area contributed by atoms with Gasteiger partial charge in [0.2, 0.25) is 0 Å². The van der Waals surface area contributed by atoms with Crippen LogP contribution in [0.3, 0.4) is 0 Å². The largest absolute Gasteiger partial charge is 0.468 e. The van der Waals surface area contributed by atoms with Crippen molar-refractivity contribution in [2.75, 3.05) is 20.0 Å². The quantitative estimate of drug-likeness (QED) is 0.456. The van der Waals surface area contributed by atoms with Crippen molar-refractivity contribution in [3.8, 4) is 0 Å². The van der Waals surface area contributed by atoms with Gasteiger partial charge in [-0.3, -0.25) is 13.8 Å². The van der Waals surface area contributed by atoms with E-state index in [1.165, 1.54) is 6.92 Å². The molecule has 0 spiro atoms. The molecular weight excluding hydrogens is 266 g/mol. The summed E-state index contributed by atoms with van der Waals surface area (Å²) in [6.07, 6.45) is -1.29. The van der Waals surface area contributed by atoms with Crippen LogP contribution < -0.4 is 5.73 Å². The fourth-order valence-corrected chi connectivity index (χ4v) is 1.54. The molecule has 0 aliphatic rings. The summed E-state index contributed by atoms with van der Waals surface area (Å²) in [6.45, 7) is 1.41. The maximum Gasteiger partial charge on any atom is 0.326 e. The molecule has 18 heavy (non-hydrogen) atoms. The third-order valence-corrected chi connectivity index (χ3v) is 3.32. The Hall–Kier alpha value is -1.19. The summed E-state index contributed by atoms with van der Waals surface area (Å²) >= 11 is 0. The Labute approximate surface area is 105 Å². The van der Waals surface area contributed by atoms with Gasteiger partial charge < -0.3 is 15.2 Å². The van der Waals surface area contributed by atoms with Crippen LogP contribution in [0.1, 0.15) is 13.3 Å². The molecule has 0 aromatic rings. The van der Waals surface area contributed by atoms with Gasteiger partial charge in [-0.2, -0.15) is 8.42 Å². The van der Waals surface area contributed by atoms with E-state index in [2.05, 4.69) is 8.92 Å². The topological polar surface area (TPSA) is 122 Å². The van der Waals surface area contributed by atoms with Crippen molar-refractivity contribution < 1.29 is 31.7 Å². The second kappa shape index (κ2) is 7.29. The van der Waals surface area contributed by atoms with Crippen molar-refractivity contribution >= 4 is 22.1 Å². The molecule has 0 aliphatic heterocycles. The Balaban J connectivity index is 4.21. The highest BCUT2D eigenvalue weighted by molar-refractivity contribution is 7.86. The minimum atomic E-state index is -3.72. The van der Waals surface area contributed by atoms with Gasteiger partial charge in [-0.25, -0.2) is 0 Å². The van der Waals surface area contributed by atoms with Crippen LogP contribution >= 0.6 is 0 Å². The normalized spacial score (nSPS) is 14.7. The fourth-order valence-electron chi connectivity index (χ4n) is 0.959. The molecule has 0 aromatic heterocycles. The lowest BCUT2D eigenvalue weighted by atomic mass is 10.2. The average molecular weight is 283 g/mol. The van der Waals surface area contributed by atoms with Gasteiger partial charge in [0.05, 0.1) is 26.4 Å². The van der Waals surface area contributed by atoms with Crippen molar-refractivity contribution in [1.82, 2.24) is 0 Å². The van der Waals surface area contributed by atoms with E-state index >= 15 is 0 Å².